The lowest BCUT2D eigenvalue weighted by Gasteiger charge is -2.37. The van der Waals surface area contributed by atoms with Crippen molar-refractivity contribution >= 4 is 11.5 Å². The van der Waals surface area contributed by atoms with Crippen LogP contribution in [0.15, 0.2) is 62.3 Å². The molecule has 1 saturated heterocycles. The molecule has 244 valence electrons. The summed E-state index contributed by atoms with van der Waals surface area (Å²) in [5.74, 6) is 6.52. The Morgan fingerprint density at radius 3 is 2.15 bits per heavy atom. The summed E-state index contributed by atoms with van der Waals surface area (Å²) < 4.78 is 19.8. The Hall–Kier alpha value is -3.82. The van der Waals surface area contributed by atoms with E-state index in [9.17, 15) is 4.79 Å². The Balaban J connectivity index is 0.985. The minimum Gasteiger partial charge on any atom is -0.466 e. The smallest absolute Gasteiger partial charge is 0.350 e. The number of hydrogen-bond donors (Lipinski definition) is 2. The van der Waals surface area contributed by atoms with E-state index in [0.717, 1.165) is 125 Å². The SMILES string of the molecule is Cc1ccc(CCCN(CCCc2ccc(C)o2)C2CCC(n3cc4c(nc3=O)Nc3cc(C5CCNCC5)ccc3O4)CC2)o1. The van der Waals surface area contributed by atoms with Crippen molar-refractivity contribution in [1.29, 1.82) is 0 Å². The summed E-state index contributed by atoms with van der Waals surface area (Å²) in [6, 6.07) is 15.3. The van der Waals surface area contributed by atoms with Crippen molar-refractivity contribution in [1.82, 2.24) is 19.8 Å². The Kier molecular flexibility index (Phi) is 9.31. The number of ether oxygens (including phenoxy) is 1. The highest BCUT2D eigenvalue weighted by atomic mass is 16.5. The van der Waals surface area contributed by atoms with Gasteiger partial charge in [0.1, 0.15) is 23.0 Å². The number of furan rings is 2. The van der Waals surface area contributed by atoms with Crippen LogP contribution >= 0.6 is 0 Å². The predicted octanol–water partition coefficient (Wildman–Crippen LogP) is 7.41. The molecule has 0 amide bonds. The van der Waals surface area contributed by atoms with E-state index in [-0.39, 0.29) is 11.7 Å². The fourth-order valence-electron chi connectivity index (χ4n) is 7.60. The van der Waals surface area contributed by atoms with Gasteiger partial charge in [-0.25, -0.2) is 4.79 Å². The molecule has 3 aliphatic rings. The number of rotatable bonds is 11. The Labute approximate surface area is 271 Å². The number of aromatic nitrogens is 2. The lowest BCUT2D eigenvalue weighted by molar-refractivity contribution is 0.132. The third-order valence-electron chi connectivity index (χ3n) is 10.1. The monoisotopic (exact) mass is 625 g/mol. The second-order valence-electron chi connectivity index (χ2n) is 13.4. The van der Waals surface area contributed by atoms with Crippen LogP contribution in [0, 0.1) is 13.8 Å². The van der Waals surface area contributed by atoms with Crippen LogP contribution in [-0.4, -0.2) is 46.7 Å². The van der Waals surface area contributed by atoms with Gasteiger partial charge in [0, 0.05) is 24.9 Å². The largest absolute Gasteiger partial charge is 0.466 e. The van der Waals surface area contributed by atoms with Gasteiger partial charge in [-0.3, -0.25) is 4.57 Å². The third kappa shape index (κ3) is 7.10. The van der Waals surface area contributed by atoms with Gasteiger partial charge in [-0.15, -0.1) is 0 Å². The molecule has 0 spiro atoms. The van der Waals surface area contributed by atoms with E-state index in [2.05, 4.69) is 50.8 Å². The van der Waals surface area contributed by atoms with Crippen LogP contribution in [0.25, 0.3) is 0 Å². The number of piperidine rings is 1. The second kappa shape index (κ2) is 13.9. The molecule has 9 heteroatoms. The molecule has 4 aromatic rings. The van der Waals surface area contributed by atoms with Gasteiger partial charge in [-0.1, -0.05) is 6.07 Å². The minimum atomic E-state index is -0.212. The maximum Gasteiger partial charge on any atom is 0.350 e. The molecule has 0 radical (unpaired) electrons. The summed E-state index contributed by atoms with van der Waals surface area (Å²) in [7, 11) is 0. The van der Waals surface area contributed by atoms with Gasteiger partial charge in [0.15, 0.2) is 17.3 Å². The zero-order valence-corrected chi connectivity index (χ0v) is 27.2. The first-order valence-electron chi connectivity index (χ1n) is 17.3. The Morgan fingerprint density at radius 2 is 1.52 bits per heavy atom. The average Bonchev–Trinajstić information content (AvgIpc) is 3.70. The van der Waals surface area contributed by atoms with Crippen molar-refractivity contribution in [3.63, 3.8) is 0 Å². The van der Waals surface area contributed by atoms with E-state index in [1.54, 1.807) is 0 Å². The highest BCUT2D eigenvalue weighted by Crippen LogP contribution is 2.43. The molecular formula is C37H47N5O4. The average molecular weight is 626 g/mol. The molecule has 1 aliphatic carbocycles. The van der Waals surface area contributed by atoms with Crippen LogP contribution in [0.5, 0.6) is 11.5 Å². The van der Waals surface area contributed by atoms with Crippen molar-refractivity contribution in [3.8, 4) is 11.5 Å². The first-order chi connectivity index (χ1) is 22.5. The van der Waals surface area contributed by atoms with Gasteiger partial charge < -0.3 is 29.1 Å². The normalized spacial score (nSPS) is 19.8. The van der Waals surface area contributed by atoms with E-state index in [0.29, 0.717) is 23.5 Å². The number of fused-ring (bicyclic) bond motifs is 2. The first-order valence-corrected chi connectivity index (χ1v) is 17.3. The number of benzene rings is 1. The van der Waals surface area contributed by atoms with Crippen molar-refractivity contribution < 1.29 is 13.6 Å². The van der Waals surface area contributed by atoms with Crippen LogP contribution in [-0.2, 0) is 12.8 Å². The van der Waals surface area contributed by atoms with Crippen LogP contribution in [0.2, 0.25) is 0 Å². The lowest BCUT2D eigenvalue weighted by atomic mass is 9.89. The predicted molar refractivity (Wildman–Crippen MR) is 180 cm³/mol. The molecule has 7 rings (SSSR count). The molecule has 2 N–H and O–H groups in total. The quantitative estimate of drug-likeness (QED) is 0.157. The van der Waals surface area contributed by atoms with Crippen LogP contribution in [0.1, 0.15) is 91.9 Å². The third-order valence-corrected chi connectivity index (χ3v) is 10.1. The van der Waals surface area contributed by atoms with Gasteiger partial charge in [0.25, 0.3) is 0 Å². The highest BCUT2D eigenvalue weighted by molar-refractivity contribution is 5.73. The summed E-state index contributed by atoms with van der Waals surface area (Å²) in [5.41, 5.74) is 1.99. The van der Waals surface area contributed by atoms with Crippen molar-refractivity contribution in [2.45, 2.75) is 96.1 Å². The standard InChI is InChI=1S/C37H47N5O4/c1-25-7-14-31(44-25)5-3-21-41(22-4-6-32-15-8-26(2)45-32)29-10-12-30(13-11-29)42-24-35-36(40-37(42)43)39-33-23-28(9-16-34(33)46-35)27-17-19-38-20-18-27/h7-9,14-16,23-24,27,29-30,38H,3-6,10-13,17-22H2,1-2H3,(H,39,40,43). The summed E-state index contributed by atoms with van der Waals surface area (Å²) in [6.07, 6.45) is 12.2. The molecule has 5 heterocycles. The topological polar surface area (TPSA) is 97.7 Å². The van der Waals surface area contributed by atoms with E-state index >= 15 is 0 Å². The van der Waals surface area contributed by atoms with E-state index in [1.165, 1.54) is 5.56 Å². The minimum absolute atomic E-state index is 0.118. The van der Waals surface area contributed by atoms with E-state index in [4.69, 9.17) is 13.6 Å². The van der Waals surface area contributed by atoms with E-state index < -0.39 is 0 Å². The van der Waals surface area contributed by atoms with Crippen molar-refractivity contribution in [2.75, 3.05) is 31.5 Å². The summed E-state index contributed by atoms with van der Waals surface area (Å²) in [4.78, 5) is 20.4. The van der Waals surface area contributed by atoms with Crippen molar-refractivity contribution in [3.05, 3.63) is 87.8 Å². The molecular weight excluding hydrogens is 578 g/mol. The van der Waals surface area contributed by atoms with Gasteiger partial charge in [-0.2, -0.15) is 4.98 Å². The molecule has 0 atom stereocenters. The molecule has 3 aromatic heterocycles. The van der Waals surface area contributed by atoms with Gasteiger partial charge in [0.05, 0.1) is 11.9 Å². The molecule has 0 unspecified atom stereocenters. The Bertz CT molecular complexity index is 1630. The molecule has 9 nitrogen and oxygen atoms in total. The van der Waals surface area contributed by atoms with Gasteiger partial charge >= 0.3 is 5.69 Å². The molecule has 1 saturated carbocycles. The van der Waals surface area contributed by atoms with Crippen molar-refractivity contribution in [2.24, 2.45) is 0 Å². The number of hydrogen-bond acceptors (Lipinski definition) is 8. The van der Waals surface area contributed by atoms with Crippen LogP contribution in [0.3, 0.4) is 0 Å². The van der Waals surface area contributed by atoms with Crippen LogP contribution in [0.4, 0.5) is 11.5 Å². The molecule has 1 aromatic carbocycles. The maximum atomic E-state index is 13.3. The number of nitrogens with zero attached hydrogens (tertiary/aromatic N) is 3. The Morgan fingerprint density at radius 1 is 0.848 bits per heavy atom. The number of anilines is 2. The number of nitrogens with one attached hydrogen (secondary N) is 2. The summed E-state index contributed by atoms with van der Waals surface area (Å²) >= 11 is 0. The fraction of sp³-hybridized carbons (Fsp3) is 0.514. The van der Waals surface area contributed by atoms with E-state index in [1.807, 2.05) is 36.7 Å². The maximum absolute atomic E-state index is 13.3. The molecule has 2 aliphatic heterocycles. The van der Waals surface area contributed by atoms with Gasteiger partial charge in [-0.05, 0) is 139 Å². The number of aryl methyl sites for hydroxylation is 4. The fourth-order valence-corrected chi connectivity index (χ4v) is 7.60. The lowest BCUT2D eigenvalue weighted by Crippen LogP contribution is -2.41. The zero-order chi connectivity index (χ0) is 31.5. The summed E-state index contributed by atoms with van der Waals surface area (Å²) in [5, 5.41) is 6.83. The molecule has 2 fully saturated rings. The van der Waals surface area contributed by atoms with Crippen LogP contribution < -0.4 is 21.1 Å². The second-order valence-corrected chi connectivity index (χ2v) is 13.4. The van der Waals surface area contributed by atoms with Gasteiger partial charge in [0.2, 0.25) is 0 Å². The summed E-state index contributed by atoms with van der Waals surface area (Å²) in [6.45, 7) is 8.16. The molecule has 0 bridgehead atoms. The zero-order valence-electron chi connectivity index (χ0n) is 27.2. The highest BCUT2D eigenvalue weighted by Gasteiger charge is 2.29. The first kappa shape index (κ1) is 30.8. The molecule has 46 heavy (non-hydrogen) atoms.